The predicted molar refractivity (Wildman–Crippen MR) is 174 cm³/mol. The number of ether oxygens (including phenoxy) is 1. The fourth-order valence-corrected chi connectivity index (χ4v) is 6.86. The molecule has 1 fully saturated rings. The molecule has 6 rings (SSSR count). The van der Waals surface area contributed by atoms with Crippen LogP contribution < -0.4 is 15.4 Å². The predicted octanol–water partition coefficient (Wildman–Crippen LogP) is 4.83. The topological polar surface area (TPSA) is 110 Å². The first-order valence-corrected chi connectivity index (χ1v) is 15.6. The minimum atomic E-state index is -0.246. The summed E-state index contributed by atoms with van der Waals surface area (Å²) in [6.45, 7) is 3.92. The number of anilines is 2. The molecule has 0 radical (unpaired) electrons. The number of aromatic amines is 1. The molecule has 11 heteroatoms. The van der Waals surface area contributed by atoms with E-state index in [1.807, 2.05) is 60.7 Å². The Kier molecular flexibility index (Phi) is 8.84. The van der Waals surface area contributed by atoms with Crippen LogP contribution in [0.4, 0.5) is 11.4 Å². The standard InChI is InChI=1S/C33H35Cl2N5O4/c1-44-25-10-11-26-27(12-25)38-32-28(17-41)40(16-22-4-8-24(9-5-22)37-30(43)14-35)20-33(31(26)32)18-39(19-33)15-21-2-6-23(7-3-21)36-29(42)13-34/h2-12,28,38,41H,13-20H2,1H3,(H,36,42)(H,37,43). The van der Waals surface area contributed by atoms with Gasteiger partial charge in [-0.1, -0.05) is 24.3 Å². The summed E-state index contributed by atoms with van der Waals surface area (Å²) in [6.07, 6.45) is 0. The Morgan fingerprint density at radius 3 is 2.05 bits per heavy atom. The second-order valence-corrected chi connectivity index (χ2v) is 12.1. The quantitative estimate of drug-likeness (QED) is 0.186. The molecule has 1 saturated heterocycles. The van der Waals surface area contributed by atoms with Gasteiger partial charge in [-0.15, -0.1) is 23.2 Å². The van der Waals surface area contributed by atoms with E-state index in [1.54, 1.807) is 7.11 Å². The molecule has 2 aliphatic heterocycles. The fraction of sp³-hybridized carbons (Fsp3) is 0.333. The van der Waals surface area contributed by atoms with Crippen molar-refractivity contribution in [1.29, 1.82) is 0 Å². The van der Waals surface area contributed by atoms with Gasteiger partial charge in [-0.3, -0.25) is 19.4 Å². The van der Waals surface area contributed by atoms with Gasteiger partial charge < -0.3 is 25.5 Å². The summed E-state index contributed by atoms with van der Waals surface area (Å²) >= 11 is 11.3. The summed E-state index contributed by atoms with van der Waals surface area (Å²) in [7, 11) is 1.67. The molecule has 1 spiro atoms. The SMILES string of the molecule is COc1ccc2c3c([nH]c2c1)C(CO)N(Cc1ccc(NC(=O)CCl)cc1)CC31CN(Cc2ccc(NC(=O)CCl)cc2)C1. The van der Waals surface area contributed by atoms with E-state index in [2.05, 4.69) is 31.5 Å². The lowest BCUT2D eigenvalue weighted by Gasteiger charge is -2.56. The summed E-state index contributed by atoms with van der Waals surface area (Å²) in [4.78, 5) is 31.8. The molecule has 1 atom stereocenters. The molecular formula is C33H35Cl2N5O4. The average molecular weight is 637 g/mol. The van der Waals surface area contributed by atoms with Crippen molar-refractivity contribution in [3.8, 4) is 5.75 Å². The highest BCUT2D eigenvalue weighted by Gasteiger charge is 2.52. The van der Waals surface area contributed by atoms with Crippen molar-refractivity contribution in [3.05, 3.63) is 89.1 Å². The number of nitrogens with zero attached hydrogens (tertiary/aromatic N) is 2. The van der Waals surface area contributed by atoms with E-state index >= 15 is 0 Å². The van der Waals surface area contributed by atoms with Crippen molar-refractivity contribution in [2.45, 2.75) is 24.5 Å². The average Bonchev–Trinajstić information content (AvgIpc) is 3.41. The number of aromatic nitrogens is 1. The van der Waals surface area contributed by atoms with Crippen molar-refractivity contribution >= 4 is 57.3 Å². The first-order valence-electron chi connectivity index (χ1n) is 14.5. The number of carbonyl (C=O) groups excluding carboxylic acids is 2. The maximum Gasteiger partial charge on any atom is 0.239 e. The monoisotopic (exact) mass is 635 g/mol. The number of amides is 2. The molecule has 3 aromatic carbocycles. The number of carbonyl (C=O) groups is 2. The number of hydrogen-bond donors (Lipinski definition) is 4. The van der Waals surface area contributed by atoms with Crippen molar-refractivity contribution in [2.75, 3.05) is 55.7 Å². The van der Waals surface area contributed by atoms with E-state index < -0.39 is 0 Å². The highest BCUT2D eigenvalue weighted by atomic mass is 35.5. The molecule has 3 heterocycles. The zero-order valence-electron chi connectivity index (χ0n) is 24.4. The van der Waals surface area contributed by atoms with Crippen LogP contribution in [0.1, 0.15) is 28.4 Å². The number of nitrogens with one attached hydrogen (secondary N) is 3. The van der Waals surface area contributed by atoms with E-state index in [-0.39, 0.29) is 41.6 Å². The second-order valence-electron chi connectivity index (χ2n) is 11.6. The van der Waals surface area contributed by atoms with Gasteiger partial charge in [0.15, 0.2) is 0 Å². The normalized spacial score (nSPS) is 17.7. The molecule has 0 aliphatic carbocycles. The number of halogens is 2. The zero-order valence-corrected chi connectivity index (χ0v) is 25.9. The Hall–Kier alpha value is -3.60. The third-order valence-corrected chi connectivity index (χ3v) is 9.07. The Morgan fingerprint density at radius 2 is 1.50 bits per heavy atom. The molecule has 0 bridgehead atoms. The first kappa shape index (κ1) is 30.4. The first-order chi connectivity index (χ1) is 21.3. The Bertz CT molecular complexity index is 1650. The van der Waals surface area contributed by atoms with Crippen LogP contribution in [-0.2, 0) is 28.1 Å². The number of alkyl halides is 2. The summed E-state index contributed by atoms with van der Waals surface area (Å²) in [5.74, 6) is 0.137. The number of hydrogen-bond acceptors (Lipinski definition) is 6. The Morgan fingerprint density at radius 1 is 0.909 bits per heavy atom. The third kappa shape index (κ3) is 6.03. The van der Waals surface area contributed by atoms with Crippen LogP contribution in [0.15, 0.2) is 66.7 Å². The Balaban J connectivity index is 1.26. The number of likely N-dealkylation sites (tertiary alicyclic amines) is 1. The van der Waals surface area contributed by atoms with Crippen LogP contribution >= 0.6 is 23.2 Å². The summed E-state index contributed by atoms with van der Waals surface area (Å²) < 4.78 is 5.51. The number of H-pyrrole nitrogens is 1. The number of aliphatic hydroxyl groups is 1. The van der Waals surface area contributed by atoms with E-state index in [1.165, 1.54) is 5.56 Å². The smallest absolute Gasteiger partial charge is 0.239 e. The minimum absolute atomic E-state index is 0.0206. The van der Waals surface area contributed by atoms with Crippen molar-refractivity contribution < 1.29 is 19.4 Å². The molecule has 1 unspecified atom stereocenters. The van der Waals surface area contributed by atoms with Gasteiger partial charge >= 0.3 is 0 Å². The van der Waals surface area contributed by atoms with E-state index in [9.17, 15) is 14.7 Å². The second kappa shape index (κ2) is 12.8. The highest BCUT2D eigenvalue weighted by Crippen LogP contribution is 2.49. The van der Waals surface area contributed by atoms with Gasteiger partial charge in [-0.05, 0) is 53.1 Å². The van der Waals surface area contributed by atoms with Gasteiger partial charge in [0.2, 0.25) is 11.8 Å². The molecule has 2 amide bonds. The molecule has 0 saturated carbocycles. The van der Waals surface area contributed by atoms with E-state index in [4.69, 9.17) is 27.9 Å². The van der Waals surface area contributed by atoms with Gasteiger partial charge in [0, 0.05) is 72.2 Å². The zero-order chi connectivity index (χ0) is 30.8. The highest BCUT2D eigenvalue weighted by molar-refractivity contribution is 6.29. The Labute approximate surface area is 266 Å². The molecule has 4 N–H and O–H groups in total. The summed E-state index contributed by atoms with van der Waals surface area (Å²) in [5.41, 5.74) is 6.87. The molecule has 230 valence electrons. The van der Waals surface area contributed by atoms with Gasteiger partial charge in [0.25, 0.3) is 0 Å². The molecule has 9 nitrogen and oxygen atoms in total. The van der Waals surface area contributed by atoms with Gasteiger partial charge in [0.1, 0.15) is 17.5 Å². The van der Waals surface area contributed by atoms with Crippen molar-refractivity contribution in [2.24, 2.45) is 0 Å². The lowest BCUT2D eigenvalue weighted by atomic mass is 9.68. The largest absolute Gasteiger partial charge is 0.497 e. The van der Waals surface area contributed by atoms with E-state index in [0.29, 0.717) is 12.2 Å². The number of methoxy groups -OCH3 is 1. The molecular weight excluding hydrogens is 601 g/mol. The van der Waals surface area contributed by atoms with Gasteiger partial charge in [-0.25, -0.2) is 0 Å². The third-order valence-electron chi connectivity index (χ3n) is 8.58. The number of fused-ring (bicyclic) bond motifs is 4. The minimum Gasteiger partial charge on any atom is -0.497 e. The van der Waals surface area contributed by atoms with Crippen LogP contribution in [0.25, 0.3) is 10.9 Å². The maximum atomic E-state index is 11.7. The molecule has 4 aromatic rings. The van der Waals surface area contributed by atoms with Crippen LogP contribution in [0.5, 0.6) is 5.75 Å². The van der Waals surface area contributed by atoms with Crippen molar-refractivity contribution in [3.63, 3.8) is 0 Å². The summed E-state index contributed by atoms with van der Waals surface area (Å²) in [5, 5.41) is 17.4. The van der Waals surface area contributed by atoms with Crippen molar-refractivity contribution in [1.82, 2.24) is 14.8 Å². The van der Waals surface area contributed by atoms with Gasteiger partial charge in [-0.2, -0.15) is 0 Å². The summed E-state index contributed by atoms with van der Waals surface area (Å²) in [6, 6.07) is 21.6. The number of rotatable bonds is 10. The van der Waals surface area contributed by atoms with Crippen LogP contribution in [-0.4, -0.2) is 76.8 Å². The van der Waals surface area contributed by atoms with Gasteiger partial charge in [0.05, 0.1) is 19.8 Å². The molecule has 2 aliphatic rings. The maximum absolute atomic E-state index is 11.7. The number of benzene rings is 3. The van der Waals surface area contributed by atoms with Crippen LogP contribution in [0.2, 0.25) is 0 Å². The molecule has 1 aromatic heterocycles. The van der Waals surface area contributed by atoms with Crippen LogP contribution in [0, 0.1) is 0 Å². The van der Waals surface area contributed by atoms with Crippen LogP contribution in [0.3, 0.4) is 0 Å². The molecule has 44 heavy (non-hydrogen) atoms. The fourth-order valence-electron chi connectivity index (χ4n) is 6.73. The number of aliphatic hydroxyl groups excluding tert-OH is 1. The van der Waals surface area contributed by atoms with E-state index in [0.717, 1.165) is 65.3 Å². The lowest BCUT2D eigenvalue weighted by molar-refractivity contribution is -0.114. The lowest BCUT2D eigenvalue weighted by Crippen LogP contribution is -2.65.